The Kier molecular flexibility index (Phi) is 5.73. The lowest BCUT2D eigenvalue weighted by Crippen LogP contribution is -2.56. The van der Waals surface area contributed by atoms with Crippen molar-refractivity contribution in [2.24, 2.45) is 0 Å². The summed E-state index contributed by atoms with van der Waals surface area (Å²) in [6, 6.07) is 21.1. The molecule has 0 amide bonds. The van der Waals surface area contributed by atoms with Crippen LogP contribution in [0.2, 0.25) is 12.6 Å². The second-order valence-corrected chi connectivity index (χ2v) is 9.71. The molecule has 22 heavy (non-hydrogen) atoms. The topological polar surface area (TPSA) is 26.3 Å². The van der Waals surface area contributed by atoms with Gasteiger partial charge in [0, 0.05) is 6.04 Å². The van der Waals surface area contributed by atoms with Crippen LogP contribution in [0.3, 0.4) is 0 Å². The van der Waals surface area contributed by atoms with Crippen LogP contribution < -0.4 is 10.4 Å². The van der Waals surface area contributed by atoms with Gasteiger partial charge in [-0.15, -0.1) is 6.58 Å². The minimum absolute atomic E-state index is 0.122. The highest BCUT2D eigenvalue weighted by Gasteiger charge is 2.34. The van der Waals surface area contributed by atoms with Gasteiger partial charge in [0.2, 0.25) is 0 Å². The third-order valence-corrected chi connectivity index (χ3v) is 8.12. The summed E-state index contributed by atoms with van der Waals surface area (Å²) in [5, 5.41) is 2.50. The lowest BCUT2D eigenvalue weighted by molar-refractivity contribution is -0.140. The summed E-state index contributed by atoms with van der Waals surface area (Å²) in [5.74, 6) is -0.122. The third-order valence-electron chi connectivity index (χ3n) is 3.90. The van der Waals surface area contributed by atoms with E-state index in [-0.39, 0.29) is 5.97 Å². The smallest absolute Gasteiger partial charge is 0.303 e. The molecule has 0 N–H and O–H groups in total. The van der Waals surface area contributed by atoms with E-state index in [1.165, 1.54) is 10.4 Å². The summed E-state index contributed by atoms with van der Waals surface area (Å²) < 4.78 is 5.35. The molecule has 2 aromatic carbocycles. The summed E-state index contributed by atoms with van der Waals surface area (Å²) >= 11 is 0. The number of carbonyl (C=O) groups is 1. The average Bonchev–Trinajstić information content (AvgIpc) is 2.56. The van der Waals surface area contributed by atoms with Crippen LogP contribution in [0.4, 0.5) is 0 Å². The highest BCUT2D eigenvalue weighted by atomic mass is 28.3. The zero-order valence-corrected chi connectivity index (χ0v) is 14.0. The number of hydrogen-bond acceptors (Lipinski definition) is 2. The highest BCUT2D eigenvalue weighted by molar-refractivity contribution is 7.02. The molecular weight excluding hydrogens is 288 g/mol. The summed E-state index contributed by atoms with van der Waals surface area (Å²) in [6.07, 6.45) is 2.46. The molecule has 0 fully saturated rings. The summed E-state index contributed by atoms with van der Waals surface area (Å²) in [6.45, 7) is 6.29. The average molecular weight is 310 g/mol. The molecule has 0 heterocycles. The number of ether oxygens (including phenoxy) is 1. The minimum atomic E-state index is -2.13. The fourth-order valence-corrected chi connectivity index (χ4v) is 5.86. The van der Waals surface area contributed by atoms with Crippen LogP contribution in [0.15, 0.2) is 73.3 Å². The fraction of sp³-hybridized carbons (Fsp3) is 0.211. The van der Waals surface area contributed by atoms with Crippen molar-refractivity contribution < 1.29 is 9.53 Å². The van der Waals surface area contributed by atoms with Crippen LogP contribution >= 0.6 is 0 Å². The van der Waals surface area contributed by atoms with Crippen LogP contribution in [0.25, 0.3) is 0 Å². The molecule has 2 aromatic rings. The number of carbonyl (C=O) groups excluding carboxylic acids is 1. The first-order valence-electron chi connectivity index (χ1n) is 7.54. The lowest BCUT2D eigenvalue weighted by Gasteiger charge is -2.27. The molecule has 0 aliphatic carbocycles. The van der Waals surface area contributed by atoms with E-state index in [9.17, 15) is 4.79 Å². The van der Waals surface area contributed by atoms with E-state index in [0.29, 0.717) is 19.1 Å². The standard InChI is InChI=1S/C19H22O2Si/c1-3-4-15-21-19(20)16-22(2,17-11-7-5-8-12-17)18-13-9-6-10-14-18/h3,5-14H,1,4,15-16H2,2H3. The van der Waals surface area contributed by atoms with Gasteiger partial charge in [-0.3, -0.25) is 4.79 Å². The first-order chi connectivity index (χ1) is 10.7. The largest absolute Gasteiger partial charge is 0.466 e. The Morgan fingerprint density at radius 1 is 1.05 bits per heavy atom. The molecule has 2 nitrogen and oxygen atoms in total. The number of rotatable bonds is 7. The van der Waals surface area contributed by atoms with Gasteiger partial charge in [0.05, 0.1) is 6.61 Å². The number of benzene rings is 2. The Labute approximate surface area is 133 Å². The third kappa shape index (κ3) is 3.95. The molecule has 0 spiro atoms. The first kappa shape index (κ1) is 16.2. The van der Waals surface area contributed by atoms with Crippen molar-refractivity contribution in [2.75, 3.05) is 6.61 Å². The molecule has 114 valence electrons. The second-order valence-electron chi connectivity index (χ2n) is 5.54. The van der Waals surface area contributed by atoms with Crippen LogP contribution in [0.5, 0.6) is 0 Å². The van der Waals surface area contributed by atoms with Crippen molar-refractivity contribution in [3.63, 3.8) is 0 Å². The van der Waals surface area contributed by atoms with Gasteiger partial charge in [-0.2, -0.15) is 0 Å². The molecular formula is C19H22O2Si. The SMILES string of the molecule is C=CCCOC(=O)C[Si](C)(c1ccccc1)c1ccccc1. The van der Waals surface area contributed by atoms with Gasteiger partial charge in [-0.05, 0) is 6.42 Å². The van der Waals surface area contributed by atoms with Crippen molar-refractivity contribution in [1.29, 1.82) is 0 Å². The summed E-state index contributed by atoms with van der Waals surface area (Å²) in [7, 11) is -2.13. The Morgan fingerprint density at radius 3 is 2.00 bits per heavy atom. The van der Waals surface area contributed by atoms with Gasteiger partial charge < -0.3 is 4.74 Å². The highest BCUT2D eigenvalue weighted by Crippen LogP contribution is 2.12. The van der Waals surface area contributed by atoms with Gasteiger partial charge in [-0.1, -0.05) is 83.7 Å². The molecule has 0 radical (unpaired) electrons. The maximum atomic E-state index is 12.3. The lowest BCUT2D eigenvalue weighted by atomic mass is 10.4. The maximum Gasteiger partial charge on any atom is 0.303 e. The Morgan fingerprint density at radius 2 is 1.55 bits per heavy atom. The predicted octanol–water partition coefficient (Wildman–Crippen LogP) is 3.00. The van der Waals surface area contributed by atoms with Crippen LogP contribution in [0, 0.1) is 0 Å². The molecule has 0 aromatic heterocycles. The van der Waals surface area contributed by atoms with Gasteiger partial charge in [0.1, 0.15) is 8.07 Å². The molecule has 3 heteroatoms. The van der Waals surface area contributed by atoms with Crippen LogP contribution in [-0.2, 0) is 9.53 Å². The predicted molar refractivity (Wildman–Crippen MR) is 94.4 cm³/mol. The molecule has 2 rings (SSSR count). The van der Waals surface area contributed by atoms with Crippen molar-refractivity contribution in [2.45, 2.75) is 19.0 Å². The maximum absolute atomic E-state index is 12.3. The van der Waals surface area contributed by atoms with Gasteiger partial charge in [0.25, 0.3) is 0 Å². The molecule has 0 unspecified atom stereocenters. The Bertz CT molecular complexity index is 568. The van der Waals surface area contributed by atoms with Gasteiger partial charge in [0.15, 0.2) is 0 Å². The first-order valence-corrected chi connectivity index (χ1v) is 10.2. The molecule has 0 saturated carbocycles. The van der Waals surface area contributed by atoms with E-state index < -0.39 is 8.07 Å². The van der Waals surface area contributed by atoms with E-state index in [0.717, 1.165) is 0 Å². The Hall–Kier alpha value is -2.13. The molecule has 0 aliphatic heterocycles. The number of esters is 1. The summed E-state index contributed by atoms with van der Waals surface area (Å²) in [4.78, 5) is 12.3. The molecule has 0 bridgehead atoms. The Balaban J connectivity index is 2.27. The summed E-state index contributed by atoms with van der Waals surface area (Å²) in [5.41, 5.74) is 0. The minimum Gasteiger partial charge on any atom is -0.466 e. The zero-order valence-electron chi connectivity index (χ0n) is 13.0. The van der Waals surface area contributed by atoms with Crippen molar-refractivity contribution >= 4 is 24.4 Å². The van der Waals surface area contributed by atoms with Gasteiger partial charge >= 0.3 is 5.97 Å². The number of hydrogen-bond donors (Lipinski definition) is 0. The van der Waals surface area contributed by atoms with Crippen molar-refractivity contribution in [3.8, 4) is 0 Å². The molecule has 0 atom stereocenters. The monoisotopic (exact) mass is 310 g/mol. The van der Waals surface area contributed by atoms with E-state index in [4.69, 9.17) is 4.74 Å². The molecule has 0 saturated heterocycles. The fourth-order valence-electron chi connectivity index (χ4n) is 2.58. The van der Waals surface area contributed by atoms with E-state index in [2.05, 4.69) is 37.4 Å². The van der Waals surface area contributed by atoms with Crippen LogP contribution in [0.1, 0.15) is 6.42 Å². The zero-order chi connectivity index (χ0) is 15.8. The van der Waals surface area contributed by atoms with E-state index in [1.54, 1.807) is 6.08 Å². The van der Waals surface area contributed by atoms with Crippen LogP contribution in [-0.4, -0.2) is 20.7 Å². The van der Waals surface area contributed by atoms with Crippen molar-refractivity contribution in [1.82, 2.24) is 0 Å². The van der Waals surface area contributed by atoms with Crippen molar-refractivity contribution in [3.05, 3.63) is 73.3 Å². The quantitative estimate of drug-likeness (QED) is 0.340. The second kappa shape index (κ2) is 7.76. The molecule has 0 aliphatic rings. The normalized spacial score (nSPS) is 11.0. The van der Waals surface area contributed by atoms with E-state index in [1.807, 2.05) is 36.4 Å². The van der Waals surface area contributed by atoms with Gasteiger partial charge in [-0.25, -0.2) is 0 Å². The van der Waals surface area contributed by atoms with E-state index >= 15 is 0 Å².